The van der Waals surface area contributed by atoms with Crippen LogP contribution in [0.4, 0.5) is 5.69 Å². The van der Waals surface area contributed by atoms with E-state index in [-0.39, 0.29) is 12.5 Å². The van der Waals surface area contributed by atoms with Crippen molar-refractivity contribution in [2.75, 3.05) is 11.9 Å². The third-order valence-corrected chi connectivity index (χ3v) is 4.08. The molecule has 142 valence electrons. The summed E-state index contributed by atoms with van der Waals surface area (Å²) in [6.07, 6.45) is 1.59. The van der Waals surface area contributed by atoms with Gasteiger partial charge in [-0.05, 0) is 59.7 Å². The highest BCUT2D eigenvalue weighted by Crippen LogP contribution is 2.15. The molecule has 0 fully saturated rings. The van der Waals surface area contributed by atoms with Crippen LogP contribution >= 0.6 is 11.6 Å². The molecule has 0 bridgehead atoms. The zero-order valence-electron chi connectivity index (χ0n) is 15.1. The van der Waals surface area contributed by atoms with Crippen molar-refractivity contribution in [2.45, 2.75) is 6.61 Å². The maximum Gasteiger partial charge on any atom is 0.259 e. The first-order chi connectivity index (χ1) is 13.7. The molecule has 0 saturated carbocycles. The van der Waals surface area contributed by atoms with Gasteiger partial charge in [-0.2, -0.15) is 5.10 Å². The number of carbonyl (C=O) groups is 1. The van der Waals surface area contributed by atoms with Gasteiger partial charge in [-0.1, -0.05) is 41.9 Å². The Hall–Kier alpha value is -3.31. The highest BCUT2D eigenvalue weighted by molar-refractivity contribution is 6.30. The molecular formula is C22H20ClN3O2. The van der Waals surface area contributed by atoms with Crippen LogP contribution in [-0.2, 0) is 11.4 Å². The minimum Gasteiger partial charge on any atom is -0.489 e. The van der Waals surface area contributed by atoms with E-state index in [1.807, 2.05) is 78.9 Å². The predicted octanol–water partition coefficient (Wildman–Crippen LogP) is 4.48. The summed E-state index contributed by atoms with van der Waals surface area (Å²) < 4.78 is 5.74. The highest BCUT2D eigenvalue weighted by Gasteiger charge is 1.99. The van der Waals surface area contributed by atoms with Crippen molar-refractivity contribution in [1.82, 2.24) is 5.43 Å². The van der Waals surface area contributed by atoms with E-state index in [2.05, 4.69) is 15.8 Å². The zero-order valence-corrected chi connectivity index (χ0v) is 15.9. The summed E-state index contributed by atoms with van der Waals surface area (Å²) in [6, 6.07) is 24.5. The zero-order chi connectivity index (χ0) is 19.6. The standard InChI is InChI=1S/C22H20ClN3O2/c23-19-10-6-18(7-11-19)16-28-21-12-8-17(9-13-21)14-25-26-22(27)15-24-20-4-2-1-3-5-20/h1-14,24H,15-16H2,(H,26,27)/b25-14-. The fraction of sp³-hybridized carbons (Fsp3) is 0.0909. The van der Waals surface area contributed by atoms with Crippen molar-refractivity contribution >= 4 is 29.4 Å². The van der Waals surface area contributed by atoms with E-state index >= 15 is 0 Å². The summed E-state index contributed by atoms with van der Waals surface area (Å²) in [6.45, 7) is 0.619. The second kappa shape index (κ2) is 10.1. The summed E-state index contributed by atoms with van der Waals surface area (Å²) in [5, 5.41) is 7.69. The summed E-state index contributed by atoms with van der Waals surface area (Å²) >= 11 is 5.87. The molecule has 0 radical (unpaired) electrons. The van der Waals surface area contributed by atoms with Gasteiger partial charge in [-0.3, -0.25) is 4.79 Å². The van der Waals surface area contributed by atoms with Crippen LogP contribution in [0.25, 0.3) is 0 Å². The van der Waals surface area contributed by atoms with Gasteiger partial charge in [0.15, 0.2) is 0 Å². The Balaban J connectivity index is 1.41. The molecule has 0 spiro atoms. The molecule has 3 aromatic rings. The van der Waals surface area contributed by atoms with Crippen LogP contribution in [0.15, 0.2) is 84.0 Å². The molecule has 28 heavy (non-hydrogen) atoms. The van der Waals surface area contributed by atoms with Crippen LogP contribution in [0.3, 0.4) is 0 Å². The van der Waals surface area contributed by atoms with Crippen molar-refractivity contribution in [2.24, 2.45) is 5.10 Å². The number of nitrogens with zero attached hydrogens (tertiary/aromatic N) is 1. The minimum absolute atomic E-state index is 0.152. The fourth-order valence-electron chi connectivity index (χ4n) is 2.35. The number of amides is 1. The third kappa shape index (κ3) is 6.45. The second-order valence-electron chi connectivity index (χ2n) is 6.00. The molecule has 2 N–H and O–H groups in total. The lowest BCUT2D eigenvalue weighted by molar-refractivity contribution is -0.119. The topological polar surface area (TPSA) is 62.7 Å². The molecule has 6 heteroatoms. The molecule has 5 nitrogen and oxygen atoms in total. The lowest BCUT2D eigenvalue weighted by atomic mass is 10.2. The molecule has 3 aromatic carbocycles. The van der Waals surface area contributed by atoms with Gasteiger partial charge in [0, 0.05) is 10.7 Å². The van der Waals surface area contributed by atoms with Gasteiger partial charge in [0.05, 0.1) is 12.8 Å². The number of ether oxygens (including phenoxy) is 1. The molecule has 0 aliphatic heterocycles. The maximum absolute atomic E-state index is 11.8. The monoisotopic (exact) mass is 393 g/mol. The summed E-state index contributed by atoms with van der Waals surface area (Å²) in [4.78, 5) is 11.8. The smallest absolute Gasteiger partial charge is 0.259 e. The molecule has 0 aliphatic carbocycles. The maximum atomic E-state index is 11.8. The van der Waals surface area contributed by atoms with Crippen molar-refractivity contribution in [1.29, 1.82) is 0 Å². The normalized spacial score (nSPS) is 10.6. The van der Waals surface area contributed by atoms with E-state index in [4.69, 9.17) is 16.3 Å². The summed E-state index contributed by atoms with van der Waals surface area (Å²) in [5.74, 6) is 0.534. The van der Waals surface area contributed by atoms with Gasteiger partial charge in [-0.15, -0.1) is 0 Å². The minimum atomic E-state index is -0.219. The average molecular weight is 394 g/mol. The molecule has 1 amide bonds. The summed E-state index contributed by atoms with van der Waals surface area (Å²) in [5.41, 5.74) is 5.28. The van der Waals surface area contributed by atoms with Crippen LogP contribution in [0, 0.1) is 0 Å². The molecular weight excluding hydrogens is 374 g/mol. The van der Waals surface area contributed by atoms with Gasteiger partial charge in [-0.25, -0.2) is 5.43 Å². The number of anilines is 1. The number of hydrogen-bond donors (Lipinski definition) is 2. The van der Waals surface area contributed by atoms with Gasteiger partial charge >= 0.3 is 0 Å². The SMILES string of the molecule is O=C(CNc1ccccc1)N/N=C\c1ccc(OCc2ccc(Cl)cc2)cc1. The fourth-order valence-corrected chi connectivity index (χ4v) is 2.48. The average Bonchev–Trinajstić information content (AvgIpc) is 2.73. The van der Waals surface area contributed by atoms with Crippen LogP contribution in [0.5, 0.6) is 5.75 Å². The number of carbonyl (C=O) groups excluding carboxylic acids is 1. The van der Waals surface area contributed by atoms with Crippen LogP contribution in [0.1, 0.15) is 11.1 Å². The van der Waals surface area contributed by atoms with E-state index in [0.29, 0.717) is 11.6 Å². The highest BCUT2D eigenvalue weighted by atomic mass is 35.5. The molecule has 0 atom stereocenters. The first kappa shape index (κ1) is 19.5. The van der Waals surface area contributed by atoms with E-state index in [1.165, 1.54) is 0 Å². The number of hydrazone groups is 1. The van der Waals surface area contributed by atoms with Crippen molar-refractivity contribution < 1.29 is 9.53 Å². The van der Waals surface area contributed by atoms with E-state index in [1.54, 1.807) is 6.21 Å². The van der Waals surface area contributed by atoms with E-state index in [9.17, 15) is 4.79 Å². The molecule has 0 heterocycles. The number of nitrogens with one attached hydrogen (secondary N) is 2. The first-order valence-electron chi connectivity index (χ1n) is 8.77. The Morgan fingerprint density at radius 1 is 0.964 bits per heavy atom. The predicted molar refractivity (Wildman–Crippen MR) is 113 cm³/mol. The molecule has 0 aromatic heterocycles. The van der Waals surface area contributed by atoms with Crippen molar-refractivity contribution in [3.05, 3.63) is 95.0 Å². The number of halogens is 1. The van der Waals surface area contributed by atoms with Crippen molar-refractivity contribution in [3.8, 4) is 5.75 Å². The third-order valence-electron chi connectivity index (χ3n) is 3.83. The number of hydrogen-bond acceptors (Lipinski definition) is 4. The molecule has 3 rings (SSSR count). The number of benzene rings is 3. The van der Waals surface area contributed by atoms with Crippen LogP contribution < -0.4 is 15.5 Å². The van der Waals surface area contributed by atoms with E-state index in [0.717, 1.165) is 22.6 Å². The van der Waals surface area contributed by atoms with Crippen molar-refractivity contribution in [3.63, 3.8) is 0 Å². The molecule has 0 saturated heterocycles. The molecule has 0 unspecified atom stereocenters. The van der Waals surface area contributed by atoms with Crippen LogP contribution in [-0.4, -0.2) is 18.7 Å². The second-order valence-corrected chi connectivity index (χ2v) is 6.43. The van der Waals surface area contributed by atoms with Gasteiger partial charge in [0.2, 0.25) is 0 Å². The Kier molecular flexibility index (Phi) is 7.04. The van der Waals surface area contributed by atoms with E-state index < -0.39 is 0 Å². The van der Waals surface area contributed by atoms with Gasteiger partial charge in [0.25, 0.3) is 5.91 Å². The first-order valence-corrected chi connectivity index (χ1v) is 9.15. The van der Waals surface area contributed by atoms with Gasteiger partial charge < -0.3 is 10.1 Å². The Bertz CT molecular complexity index is 911. The summed E-state index contributed by atoms with van der Waals surface area (Å²) in [7, 11) is 0. The lowest BCUT2D eigenvalue weighted by Gasteiger charge is -2.06. The quantitative estimate of drug-likeness (QED) is 0.438. The van der Waals surface area contributed by atoms with Gasteiger partial charge in [0.1, 0.15) is 12.4 Å². The van der Waals surface area contributed by atoms with Crippen LogP contribution in [0.2, 0.25) is 5.02 Å². The largest absolute Gasteiger partial charge is 0.489 e. The lowest BCUT2D eigenvalue weighted by Crippen LogP contribution is -2.25. The number of para-hydroxylation sites is 1. The Labute approximate surface area is 169 Å². The Morgan fingerprint density at radius 3 is 2.39 bits per heavy atom. The Morgan fingerprint density at radius 2 is 1.68 bits per heavy atom. The number of rotatable bonds is 8. The molecule has 0 aliphatic rings.